The van der Waals surface area contributed by atoms with Crippen molar-refractivity contribution in [3.05, 3.63) is 60.2 Å². The van der Waals surface area contributed by atoms with E-state index in [-0.39, 0.29) is 29.7 Å². The van der Waals surface area contributed by atoms with Crippen molar-refractivity contribution in [1.82, 2.24) is 4.90 Å². The number of rotatable bonds is 5. The average Bonchev–Trinajstić information content (AvgIpc) is 2.79. The summed E-state index contributed by atoms with van der Waals surface area (Å²) in [5.74, 6) is -0.909. The van der Waals surface area contributed by atoms with E-state index in [1.54, 1.807) is 12.1 Å². The van der Waals surface area contributed by atoms with Gasteiger partial charge in [-0.15, -0.1) is 0 Å². The van der Waals surface area contributed by atoms with Crippen LogP contribution in [0.5, 0.6) is 0 Å². The van der Waals surface area contributed by atoms with Gasteiger partial charge in [0.15, 0.2) is 0 Å². The lowest BCUT2D eigenvalue weighted by atomic mass is 9.81. The molecule has 2 aromatic rings. The SMILES string of the molecule is NS(=O)(=O)c1cccc(N2CCN(CC3CCC(C(F)(F)F)CC3)C(c3ccccc3)C2)c1. The normalized spacial score (nSPS) is 25.2. The maximum absolute atomic E-state index is 13.1. The molecule has 1 aliphatic carbocycles. The highest BCUT2D eigenvalue weighted by molar-refractivity contribution is 7.89. The molecular formula is C24H30F3N3O2S. The molecule has 0 spiro atoms. The van der Waals surface area contributed by atoms with Crippen LogP contribution in [0.3, 0.4) is 0 Å². The summed E-state index contributed by atoms with van der Waals surface area (Å²) in [5.41, 5.74) is 1.95. The molecule has 2 aliphatic rings. The van der Waals surface area contributed by atoms with Crippen molar-refractivity contribution in [3.63, 3.8) is 0 Å². The summed E-state index contributed by atoms with van der Waals surface area (Å²) >= 11 is 0. The fourth-order valence-electron chi connectivity index (χ4n) is 5.13. The topological polar surface area (TPSA) is 66.6 Å². The molecule has 9 heteroatoms. The highest BCUT2D eigenvalue weighted by Crippen LogP contribution is 2.40. The Kier molecular flexibility index (Phi) is 7.02. The number of nitrogens with zero attached hydrogens (tertiary/aromatic N) is 2. The van der Waals surface area contributed by atoms with Crippen LogP contribution < -0.4 is 10.0 Å². The summed E-state index contributed by atoms with van der Waals surface area (Å²) < 4.78 is 62.8. The fourth-order valence-corrected chi connectivity index (χ4v) is 5.68. The van der Waals surface area contributed by atoms with Crippen LogP contribution >= 0.6 is 0 Å². The van der Waals surface area contributed by atoms with E-state index in [1.165, 1.54) is 6.07 Å². The highest BCUT2D eigenvalue weighted by atomic mass is 32.2. The maximum Gasteiger partial charge on any atom is 0.391 e. The largest absolute Gasteiger partial charge is 0.391 e. The first-order valence-corrected chi connectivity index (χ1v) is 12.9. The molecule has 180 valence electrons. The number of hydrogen-bond donors (Lipinski definition) is 1. The van der Waals surface area contributed by atoms with Crippen LogP contribution in [0.15, 0.2) is 59.5 Å². The number of alkyl halides is 3. The summed E-state index contributed by atoms with van der Waals surface area (Å²) in [7, 11) is -3.79. The van der Waals surface area contributed by atoms with E-state index in [9.17, 15) is 21.6 Å². The predicted molar refractivity (Wildman–Crippen MR) is 122 cm³/mol. The molecule has 1 unspecified atom stereocenters. The minimum Gasteiger partial charge on any atom is -0.368 e. The molecule has 1 heterocycles. The number of nitrogens with two attached hydrogens (primary N) is 1. The molecule has 1 atom stereocenters. The number of piperazine rings is 1. The van der Waals surface area contributed by atoms with Crippen LogP contribution in [0, 0.1) is 11.8 Å². The molecule has 0 amide bonds. The van der Waals surface area contributed by atoms with Crippen molar-refractivity contribution in [3.8, 4) is 0 Å². The average molecular weight is 482 g/mol. The Morgan fingerprint density at radius 3 is 2.27 bits per heavy atom. The Morgan fingerprint density at radius 2 is 1.64 bits per heavy atom. The van der Waals surface area contributed by atoms with Crippen LogP contribution in [-0.4, -0.2) is 45.7 Å². The third-order valence-electron chi connectivity index (χ3n) is 6.99. The molecule has 2 fully saturated rings. The summed E-state index contributed by atoms with van der Waals surface area (Å²) in [6.45, 7) is 2.89. The Bertz CT molecular complexity index is 1040. The molecule has 33 heavy (non-hydrogen) atoms. The smallest absolute Gasteiger partial charge is 0.368 e. The molecule has 1 aliphatic heterocycles. The van der Waals surface area contributed by atoms with Crippen molar-refractivity contribution >= 4 is 15.7 Å². The Labute approximate surface area is 193 Å². The predicted octanol–water partition coefficient (Wildman–Crippen LogP) is 4.57. The van der Waals surface area contributed by atoms with E-state index < -0.39 is 22.1 Å². The lowest BCUT2D eigenvalue weighted by Crippen LogP contribution is -2.50. The Balaban J connectivity index is 1.50. The van der Waals surface area contributed by atoms with Crippen LogP contribution in [-0.2, 0) is 10.0 Å². The zero-order chi connectivity index (χ0) is 23.6. The van der Waals surface area contributed by atoms with Crippen LogP contribution in [0.2, 0.25) is 0 Å². The van der Waals surface area contributed by atoms with Gasteiger partial charge >= 0.3 is 6.18 Å². The minimum atomic E-state index is -4.09. The van der Waals surface area contributed by atoms with Gasteiger partial charge < -0.3 is 4.90 Å². The molecule has 0 aromatic heterocycles. The van der Waals surface area contributed by atoms with Crippen LogP contribution in [0.1, 0.15) is 37.3 Å². The first-order chi connectivity index (χ1) is 15.6. The third-order valence-corrected chi connectivity index (χ3v) is 7.90. The van der Waals surface area contributed by atoms with E-state index in [2.05, 4.69) is 21.9 Å². The van der Waals surface area contributed by atoms with Gasteiger partial charge in [0.1, 0.15) is 0 Å². The summed E-state index contributed by atoms with van der Waals surface area (Å²) in [5, 5.41) is 5.31. The molecule has 0 bridgehead atoms. The second-order valence-electron chi connectivity index (χ2n) is 9.17. The van der Waals surface area contributed by atoms with E-state index in [1.807, 2.05) is 24.3 Å². The monoisotopic (exact) mass is 481 g/mol. The van der Waals surface area contributed by atoms with E-state index >= 15 is 0 Å². The molecule has 5 nitrogen and oxygen atoms in total. The van der Waals surface area contributed by atoms with Crippen molar-refractivity contribution < 1.29 is 21.6 Å². The van der Waals surface area contributed by atoms with Gasteiger partial charge in [-0.3, -0.25) is 4.90 Å². The summed E-state index contributed by atoms with van der Waals surface area (Å²) in [6, 6.07) is 16.8. The van der Waals surface area contributed by atoms with Crippen molar-refractivity contribution in [2.75, 3.05) is 31.1 Å². The number of hydrogen-bond acceptors (Lipinski definition) is 4. The van der Waals surface area contributed by atoms with Gasteiger partial charge in [0.05, 0.1) is 16.9 Å². The van der Waals surface area contributed by atoms with E-state index in [4.69, 9.17) is 5.14 Å². The van der Waals surface area contributed by atoms with Gasteiger partial charge in [-0.05, 0) is 55.4 Å². The Morgan fingerprint density at radius 1 is 0.939 bits per heavy atom. The van der Waals surface area contributed by atoms with Crippen molar-refractivity contribution in [2.24, 2.45) is 17.0 Å². The van der Waals surface area contributed by atoms with Gasteiger partial charge in [-0.1, -0.05) is 36.4 Å². The van der Waals surface area contributed by atoms with E-state index in [0.717, 1.165) is 24.3 Å². The maximum atomic E-state index is 13.1. The number of sulfonamides is 1. The lowest BCUT2D eigenvalue weighted by molar-refractivity contribution is -0.184. The molecule has 2 aromatic carbocycles. The van der Waals surface area contributed by atoms with Gasteiger partial charge in [0, 0.05) is 31.9 Å². The molecule has 0 radical (unpaired) electrons. The van der Waals surface area contributed by atoms with Gasteiger partial charge in [0.2, 0.25) is 10.0 Å². The van der Waals surface area contributed by atoms with Crippen LogP contribution in [0.25, 0.3) is 0 Å². The second kappa shape index (κ2) is 9.64. The molecule has 1 saturated heterocycles. The number of primary sulfonamides is 1. The lowest BCUT2D eigenvalue weighted by Gasteiger charge is -2.44. The standard InChI is InChI=1S/C24H30F3N3O2S/c25-24(26,27)20-11-9-18(10-12-20)16-30-14-13-29(17-23(30)19-5-2-1-3-6-19)21-7-4-8-22(15-21)33(28,31)32/h1-8,15,18,20,23H,9-14,16-17H2,(H2,28,31,32). The third kappa shape index (κ3) is 5.88. The zero-order valence-electron chi connectivity index (χ0n) is 18.4. The molecular weight excluding hydrogens is 451 g/mol. The van der Waals surface area contributed by atoms with Gasteiger partial charge in [-0.2, -0.15) is 13.2 Å². The van der Waals surface area contributed by atoms with Crippen molar-refractivity contribution in [1.29, 1.82) is 0 Å². The van der Waals surface area contributed by atoms with Gasteiger partial charge in [-0.25, -0.2) is 13.6 Å². The Hall–Kier alpha value is -2.10. The van der Waals surface area contributed by atoms with Crippen molar-refractivity contribution in [2.45, 2.75) is 42.8 Å². The molecule has 4 rings (SSSR count). The number of halogens is 3. The minimum absolute atomic E-state index is 0.0680. The highest BCUT2D eigenvalue weighted by Gasteiger charge is 2.42. The summed E-state index contributed by atoms with van der Waals surface area (Å²) in [4.78, 5) is 4.62. The number of anilines is 1. The zero-order valence-corrected chi connectivity index (χ0v) is 19.2. The quantitative estimate of drug-likeness (QED) is 0.680. The number of benzene rings is 2. The first kappa shape index (κ1) is 24.0. The second-order valence-corrected chi connectivity index (χ2v) is 10.7. The molecule has 1 saturated carbocycles. The molecule has 2 N–H and O–H groups in total. The summed E-state index contributed by atoms with van der Waals surface area (Å²) in [6.07, 6.45) is -2.46. The first-order valence-electron chi connectivity index (χ1n) is 11.3. The van der Waals surface area contributed by atoms with Crippen LogP contribution in [0.4, 0.5) is 18.9 Å². The van der Waals surface area contributed by atoms with E-state index in [0.29, 0.717) is 25.9 Å². The van der Waals surface area contributed by atoms with Gasteiger partial charge in [0.25, 0.3) is 0 Å². The fraction of sp³-hybridized carbons (Fsp3) is 0.500.